The smallest absolute Gasteiger partial charge is 0.462 e. The summed E-state index contributed by atoms with van der Waals surface area (Å²) in [5.74, 6) is -2.69. The number of aliphatic hydroxyl groups excluding tert-OH is 1. The highest BCUT2D eigenvalue weighted by Gasteiger charge is 2.29. The highest BCUT2D eigenvalue weighted by molar-refractivity contribution is 7.47. The van der Waals surface area contributed by atoms with E-state index in [0.717, 1.165) is 26.7 Å². The molecule has 0 saturated carbocycles. The SMILES string of the molecule is CCCCCC(=O)OC[C@H](COP(=O)(O)OC[C@@H](O)COP(=O)(O)OC[C@@H](COC(C)=O)OC(=O)CC)OC(C)=O. The van der Waals surface area contributed by atoms with Crippen LogP contribution in [0.4, 0.5) is 0 Å². The minimum atomic E-state index is -4.84. The molecule has 0 aliphatic heterocycles. The fourth-order valence-electron chi connectivity index (χ4n) is 2.56. The van der Waals surface area contributed by atoms with Gasteiger partial charge in [0.2, 0.25) is 0 Å². The maximum atomic E-state index is 12.1. The van der Waals surface area contributed by atoms with Crippen LogP contribution in [0.1, 0.15) is 59.8 Å². The Kier molecular flexibility index (Phi) is 19.9. The fourth-order valence-corrected chi connectivity index (χ4v) is 4.14. The van der Waals surface area contributed by atoms with Gasteiger partial charge >= 0.3 is 39.5 Å². The van der Waals surface area contributed by atoms with E-state index in [1.54, 1.807) is 0 Å². The van der Waals surface area contributed by atoms with Crippen molar-refractivity contribution < 1.29 is 80.2 Å². The van der Waals surface area contributed by atoms with Gasteiger partial charge in [-0.25, -0.2) is 9.13 Å². The summed E-state index contributed by atoms with van der Waals surface area (Å²) in [4.78, 5) is 65.1. The van der Waals surface area contributed by atoms with Crippen LogP contribution in [-0.2, 0) is 65.4 Å². The molecule has 2 unspecified atom stereocenters. The lowest BCUT2D eigenvalue weighted by Crippen LogP contribution is -2.29. The first-order chi connectivity index (χ1) is 19.1. The van der Waals surface area contributed by atoms with E-state index in [9.17, 15) is 43.2 Å². The van der Waals surface area contributed by atoms with Crippen molar-refractivity contribution in [3.05, 3.63) is 0 Å². The van der Waals surface area contributed by atoms with Crippen LogP contribution < -0.4 is 0 Å². The molecule has 0 spiro atoms. The Hall–Kier alpha value is -1.94. The third kappa shape index (κ3) is 22.3. The minimum Gasteiger partial charge on any atom is -0.462 e. The molecule has 0 aromatic carbocycles. The van der Waals surface area contributed by atoms with Crippen molar-refractivity contribution in [2.24, 2.45) is 0 Å². The summed E-state index contributed by atoms with van der Waals surface area (Å²) in [5.41, 5.74) is 0. The molecule has 17 nitrogen and oxygen atoms in total. The van der Waals surface area contributed by atoms with Crippen molar-refractivity contribution in [3.63, 3.8) is 0 Å². The van der Waals surface area contributed by atoms with Crippen molar-refractivity contribution in [3.8, 4) is 0 Å². The topological polar surface area (TPSA) is 237 Å². The number of rotatable bonds is 23. The second kappa shape index (κ2) is 20.9. The average molecular weight is 638 g/mol. The Morgan fingerprint density at radius 3 is 1.61 bits per heavy atom. The number of phosphoric acid groups is 2. The van der Waals surface area contributed by atoms with E-state index in [2.05, 4.69) is 9.05 Å². The molecule has 19 heteroatoms. The summed E-state index contributed by atoms with van der Waals surface area (Å²) in [5, 5.41) is 9.90. The van der Waals surface area contributed by atoms with Crippen LogP contribution >= 0.6 is 15.6 Å². The highest BCUT2D eigenvalue weighted by atomic mass is 31.2. The summed E-state index contributed by atoms with van der Waals surface area (Å²) >= 11 is 0. The number of hydrogen-bond acceptors (Lipinski definition) is 15. The third-order valence-corrected chi connectivity index (χ3v) is 6.42. The standard InChI is InChI=1S/C22H40O17P2/c1-5-7-8-9-22(27)33-13-19(38-17(4)24)14-36-40(28,29)34-10-18(25)11-35-41(30,31)37-15-20(12-32-16(3)23)39-21(26)6-2/h18-20,25H,5-15H2,1-4H3,(H,28,29)(H,30,31)/t18-,19-,20-/m1/s1. The molecule has 0 aromatic heterocycles. The zero-order chi connectivity index (χ0) is 31.5. The number of hydrogen-bond donors (Lipinski definition) is 3. The lowest BCUT2D eigenvalue weighted by molar-refractivity contribution is -0.159. The molecular formula is C22H40O17P2. The molecule has 0 bridgehead atoms. The maximum absolute atomic E-state index is 12.1. The van der Waals surface area contributed by atoms with Gasteiger partial charge in [-0.3, -0.25) is 37.3 Å². The third-order valence-electron chi connectivity index (χ3n) is 4.51. The number of carbonyl (C=O) groups is 4. The molecule has 240 valence electrons. The molecule has 3 N–H and O–H groups in total. The van der Waals surface area contributed by atoms with E-state index in [4.69, 9.17) is 28.0 Å². The second-order valence-corrected chi connectivity index (χ2v) is 11.3. The van der Waals surface area contributed by atoms with E-state index < -0.39 is 97.5 Å². The fraction of sp³-hybridized carbons (Fsp3) is 0.818. The lowest BCUT2D eigenvalue weighted by Gasteiger charge is -2.21. The maximum Gasteiger partial charge on any atom is 0.472 e. The Balaban J connectivity index is 4.66. The van der Waals surface area contributed by atoms with Gasteiger partial charge < -0.3 is 33.8 Å². The van der Waals surface area contributed by atoms with Crippen LogP contribution in [0, 0.1) is 0 Å². The Morgan fingerprint density at radius 1 is 0.659 bits per heavy atom. The monoisotopic (exact) mass is 638 g/mol. The molecule has 0 aliphatic carbocycles. The highest BCUT2D eigenvalue weighted by Crippen LogP contribution is 2.45. The first kappa shape index (κ1) is 39.1. The van der Waals surface area contributed by atoms with Gasteiger partial charge in [0.05, 0.1) is 26.4 Å². The number of esters is 4. The van der Waals surface area contributed by atoms with Crippen LogP contribution in [0.3, 0.4) is 0 Å². The summed E-state index contributed by atoms with van der Waals surface area (Å²) in [6, 6.07) is 0. The van der Waals surface area contributed by atoms with E-state index in [0.29, 0.717) is 6.42 Å². The quantitative estimate of drug-likeness (QED) is 0.0623. The molecule has 0 aliphatic rings. The van der Waals surface area contributed by atoms with Crippen LogP contribution in [0.2, 0.25) is 0 Å². The van der Waals surface area contributed by atoms with E-state index >= 15 is 0 Å². The van der Waals surface area contributed by atoms with Crippen LogP contribution in [0.5, 0.6) is 0 Å². The predicted octanol–water partition coefficient (Wildman–Crippen LogP) is 1.55. The first-order valence-corrected chi connectivity index (χ1v) is 15.7. The number of carbonyl (C=O) groups excluding carboxylic acids is 4. The van der Waals surface area contributed by atoms with Gasteiger partial charge in [-0.1, -0.05) is 26.7 Å². The van der Waals surface area contributed by atoms with Crippen LogP contribution in [0.15, 0.2) is 0 Å². The van der Waals surface area contributed by atoms with Crippen molar-refractivity contribution >= 4 is 39.5 Å². The minimum absolute atomic E-state index is 0.0224. The number of phosphoric ester groups is 2. The van der Waals surface area contributed by atoms with Crippen LogP contribution in [-0.4, -0.2) is 96.7 Å². The van der Waals surface area contributed by atoms with Gasteiger partial charge in [-0.2, -0.15) is 0 Å². The van der Waals surface area contributed by atoms with E-state index in [1.165, 1.54) is 6.92 Å². The lowest BCUT2D eigenvalue weighted by atomic mass is 10.2. The molecular weight excluding hydrogens is 598 g/mol. The Bertz CT molecular complexity index is 911. The zero-order valence-electron chi connectivity index (χ0n) is 23.5. The van der Waals surface area contributed by atoms with E-state index in [-0.39, 0.29) is 12.8 Å². The molecule has 41 heavy (non-hydrogen) atoms. The van der Waals surface area contributed by atoms with Crippen molar-refractivity contribution in [2.75, 3.05) is 39.6 Å². The molecule has 0 amide bonds. The van der Waals surface area contributed by atoms with Gasteiger partial charge in [0.25, 0.3) is 0 Å². The molecule has 0 rings (SSSR count). The Labute approximate surface area is 237 Å². The van der Waals surface area contributed by atoms with Gasteiger partial charge in [0, 0.05) is 26.7 Å². The molecule has 5 atom stereocenters. The number of aliphatic hydroxyl groups is 1. The number of ether oxygens (including phenoxy) is 4. The molecule has 0 radical (unpaired) electrons. The molecule has 0 saturated heterocycles. The van der Waals surface area contributed by atoms with Crippen molar-refractivity contribution in [1.29, 1.82) is 0 Å². The Morgan fingerprint density at radius 2 is 1.15 bits per heavy atom. The molecule has 0 fully saturated rings. The molecule has 0 heterocycles. The average Bonchev–Trinajstić information content (AvgIpc) is 2.89. The number of unbranched alkanes of at least 4 members (excludes halogenated alkanes) is 2. The summed E-state index contributed by atoms with van der Waals surface area (Å²) in [6.45, 7) is 1.54. The van der Waals surface area contributed by atoms with Gasteiger partial charge in [0.15, 0.2) is 12.2 Å². The first-order valence-electron chi connectivity index (χ1n) is 12.7. The van der Waals surface area contributed by atoms with Crippen molar-refractivity contribution in [2.45, 2.75) is 78.1 Å². The second-order valence-electron chi connectivity index (χ2n) is 8.41. The summed E-state index contributed by atoms with van der Waals surface area (Å²) < 4.78 is 62.3. The van der Waals surface area contributed by atoms with Gasteiger partial charge in [0.1, 0.15) is 19.3 Å². The molecule has 0 aromatic rings. The van der Waals surface area contributed by atoms with Gasteiger partial charge in [-0.05, 0) is 6.42 Å². The van der Waals surface area contributed by atoms with E-state index in [1.807, 2.05) is 6.92 Å². The summed E-state index contributed by atoms with van der Waals surface area (Å²) in [6.07, 6.45) is -1.70. The van der Waals surface area contributed by atoms with Crippen LogP contribution in [0.25, 0.3) is 0 Å². The zero-order valence-corrected chi connectivity index (χ0v) is 25.3. The normalized spacial score (nSPS) is 16.4. The largest absolute Gasteiger partial charge is 0.472 e. The van der Waals surface area contributed by atoms with Crippen molar-refractivity contribution in [1.82, 2.24) is 0 Å². The summed E-state index contributed by atoms with van der Waals surface area (Å²) in [7, 11) is -9.66. The van der Waals surface area contributed by atoms with Gasteiger partial charge in [-0.15, -0.1) is 0 Å². The predicted molar refractivity (Wildman–Crippen MR) is 137 cm³/mol.